The summed E-state index contributed by atoms with van der Waals surface area (Å²) in [6.45, 7) is 3.18. The minimum Gasteiger partial charge on any atom is -0.504 e. The van der Waals surface area contributed by atoms with E-state index in [-0.39, 0.29) is 5.56 Å². The zero-order chi connectivity index (χ0) is 10.9. The smallest absolute Gasteiger partial charge is 0.169 e. The Kier molecular flexibility index (Phi) is 2.84. The van der Waals surface area contributed by atoms with Crippen LogP contribution in [0.25, 0.3) is 0 Å². The first-order chi connectivity index (χ1) is 6.43. The highest BCUT2D eigenvalue weighted by molar-refractivity contribution is 5.99. The van der Waals surface area contributed by atoms with E-state index in [0.717, 1.165) is 6.07 Å². The van der Waals surface area contributed by atoms with Crippen LogP contribution in [0, 0.1) is 17.6 Å². The van der Waals surface area contributed by atoms with Crippen LogP contribution in [-0.2, 0) is 0 Å². The van der Waals surface area contributed by atoms with Gasteiger partial charge in [-0.2, -0.15) is 0 Å². The molecule has 1 rings (SSSR count). The summed E-state index contributed by atoms with van der Waals surface area (Å²) in [5.74, 6) is -3.67. The molecule has 76 valence electrons. The number of Topliss-reactive ketones (excluding diaryl/α,β-unsaturated/α-hetero) is 1. The van der Waals surface area contributed by atoms with E-state index in [1.807, 2.05) is 0 Å². The predicted molar refractivity (Wildman–Crippen MR) is 47.2 cm³/mol. The molecular weight excluding hydrogens is 190 g/mol. The summed E-state index contributed by atoms with van der Waals surface area (Å²) < 4.78 is 25.5. The van der Waals surface area contributed by atoms with Crippen LogP contribution >= 0.6 is 0 Å². The summed E-state index contributed by atoms with van der Waals surface area (Å²) in [5.41, 5.74) is -0.308. The van der Waals surface area contributed by atoms with Crippen molar-refractivity contribution in [1.82, 2.24) is 0 Å². The third kappa shape index (κ3) is 1.89. The maximum Gasteiger partial charge on any atom is 0.169 e. The van der Waals surface area contributed by atoms with Gasteiger partial charge in [0.2, 0.25) is 0 Å². The van der Waals surface area contributed by atoms with Crippen molar-refractivity contribution in [1.29, 1.82) is 0 Å². The van der Waals surface area contributed by atoms with Crippen molar-refractivity contribution in [2.24, 2.45) is 5.92 Å². The van der Waals surface area contributed by atoms with Crippen LogP contribution in [0.1, 0.15) is 24.2 Å². The Morgan fingerprint density at radius 3 is 2.43 bits per heavy atom. The molecule has 0 aliphatic heterocycles. The topological polar surface area (TPSA) is 37.3 Å². The van der Waals surface area contributed by atoms with Crippen LogP contribution < -0.4 is 0 Å². The van der Waals surface area contributed by atoms with E-state index in [1.54, 1.807) is 13.8 Å². The highest BCUT2D eigenvalue weighted by Gasteiger charge is 2.18. The largest absolute Gasteiger partial charge is 0.504 e. The molecule has 0 amide bonds. The molecule has 14 heavy (non-hydrogen) atoms. The molecule has 0 aliphatic rings. The maximum absolute atomic E-state index is 12.8. The Morgan fingerprint density at radius 1 is 1.36 bits per heavy atom. The molecule has 0 radical (unpaired) electrons. The van der Waals surface area contributed by atoms with Crippen molar-refractivity contribution in [3.8, 4) is 5.75 Å². The molecule has 0 saturated carbocycles. The van der Waals surface area contributed by atoms with Gasteiger partial charge in [-0.15, -0.1) is 0 Å². The van der Waals surface area contributed by atoms with Crippen LogP contribution in [0.3, 0.4) is 0 Å². The Bertz CT molecular complexity index is 373. The van der Waals surface area contributed by atoms with Gasteiger partial charge in [-0.1, -0.05) is 13.8 Å². The number of benzene rings is 1. The molecule has 0 unspecified atom stereocenters. The first-order valence-corrected chi connectivity index (χ1v) is 4.15. The Hall–Kier alpha value is -1.45. The SMILES string of the molecule is CC(C)C(=O)c1cc(F)cc(F)c1O. The molecule has 1 aromatic carbocycles. The second-order valence-corrected chi connectivity index (χ2v) is 3.30. The van der Waals surface area contributed by atoms with Crippen molar-refractivity contribution in [3.05, 3.63) is 29.3 Å². The van der Waals surface area contributed by atoms with E-state index in [0.29, 0.717) is 6.07 Å². The molecule has 2 nitrogen and oxygen atoms in total. The van der Waals surface area contributed by atoms with Gasteiger partial charge in [0.05, 0.1) is 5.56 Å². The van der Waals surface area contributed by atoms with Crippen molar-refractivity contribution < 1.29 is 18.7 Å². The fraction of sp³-hybridized carbons (Fsp3) is 0.300. The van der Waals surface area contributed by atoms with Gasteiger partial charge < -0.3 is 5.11 Å². The molecule has 0 saturated heterocycles. The number of hydrogen-bond acceptors (Lipinski definition) is 2. The minimum absolute atomic E-state index is 0.308. The molecule has 0 atom stereocenters. The van der Waals surface area contributed by atoms with Crippen molar-refractivity contribution in [2.75, 3.05) is 0 Å². The second kappa shape index (κ2) is 3.74. The molecule has 1 aromatic rings. The number of aromatic hydroxyl groups is 1. The van der Waals surface area contributed by atoms with Crippen molar-refractivity contribution in [3.63, 3.8) is 0 Å². The normalized spacial score (nSPS) is 10.6. The number of carbonyl (C=O) groups is 1. The molecule has 0 spiro atoms. The van der Waals surface area contributed by atoms with Gasteiger partial charge in [0, 0.05) is 12.0 Å². The molecule has 4 heteroatoms. The fourth-order valence-electron chi connectivity index (χ4n) is 1.06. The number of carbonyl (C=O) groups excluding carboxylic acids is 1. The van der Waals surface area contributed by atoms with E-state index in [4.69, 9.17) is 0 Å². The first-order valence-electron chi connectivity index (χ1n) is 4.15. The Labute approximate surface area is 80.2 Å². The molecule has 0 heterocycles. The lowest BCUT2D eigenvalue weighted by Crippen LogP contribution is -2.08. The molecule has 0 bridgehead atoms. The Balaban J connectivity index is 3.27. The Morgan fingerprint density at radius 2 is 1.93 bits per heavy atom. The van der Waals surface area contributed by atoms with E-state index >= 15 is 0 Å². The number of phenols is 1. The summed E-state index contributed by atoms with van der Waals surface area (Å²) in [4.78, 5) is 11.4. The molecule has 0 aromatic heterocycles. The third-order valence-electron chi connectivity index (χ3n) is 1.82. The lowest BCUT2D eigenvalue weighted by Gasteiger charge is -2.07. The average molecular weight is 200 g/mol. The van der Waals surface area contributed by atoms with Crippen LogP contribution in [0.4, 0.5) is 8.78 Å². The van der Waals surface area contributed by atoms with Crippen LogP contribution in [-0.4, -0.2) is 10.9 Å². The van der Waals surface area contributed by atoms with Gasteiger partial charge >= 0.3 is 0 Å². The van der Waals surface area contributed by atoms with Crippen LogP contribution in [0.2, 0.25) is 0 Å². The first kappa shape index (κ1) is 10.6. The van der Waals surface area contributed by atoms with Gasteiger partial charge in [-0.05, 0) is 6.07 Å². The maximum atomic E-state index is 12.8. The summed E-state index contributed by atoms with van der Waals surface area (Å²) in [6.07, 6.45) is 0. The zero-order valence-corrected chi connectivity index (χ0v) is 7.84. The van der Waals surface area contributed by atoms with E-state index < -0.39 is 29.1 Å². The lowest BCUT2D eigenvalue weighted by molar-refractivity contribution is 0.0935. The van der Waals surface area contributed by atoms with Gasteiger partial charge in [-0.3, -0.25) is 4.79 Å². The van der Waals surface area contributed by atoms with Crippen LogP contribution in [0.5, 0.6) is 5.75 Å². The number of phenolic OH excluding ortho intramolecular Hbond substituents is 1. The monoisotopic (exact) mass is 200 g/mol. The summed E-state index contributed by atoms with van der Waals surface area (Å²) in [5, 5.41) is 9.18. The number of halogens is 2. The van der Waals surface area contributed by atoms with Crippen molar-refractivity contribution >= 4 is 5.78 Å². The number of ketones is 1. The van der Waals surface area contributed by atoms with Gasteiger partial charge in [0.15, 0.2) is 17.3 Å². The highest BCUT2D eigenvalue weighted by atomic mass is 19.1. The van der Waals surface area contributed by atoms with Gasteiger partial charge in [-0.25, -0.2) is 8.78 Å². The number of rotatable bonds is 2. The summed E-state index contributed by atoms with van der Waals surface area (Å²) in [6, 6.07) is 1.37. The number of hydrogen-bond donors (Lipinski definition) is 1. The highest BCUT2D eigenvalue weighted by Crippen LogP contribution is 2.24. The molecule has 0 fully saturated rings. The van der Waals surface area contributed by atoms with Gasteiger partial charge in [0.1, 0.15) is 5.82 Å². The lowest BCUT2D eigenvalue weighted by atomic mass is 10.00. The fourth-order valence-corrected chi connectivity index (χ4v) is 1.06. The standard InChI is InChI=1S/C10H10F2O2/c1-5(2)9(13)7-3-6(11)4-8(12)10(7)14/h3-5,14H,1-2H3. The second-order valence-electron chi connectivity index (χ2n) is 3.30. The van der Waals surface area contributed by atoms with E-state index in [2.05, 4.69) is 0 Å². The van der Waals surface area contributed by atoms with Gasteiger partial charge in [0.25, 0.3) is 0 Å². The summed E-state index contributed by atoms with van der Waals surface area (Å²) in [7, 11) is 0. The zero-order valence-electron chi connectivity index (χ0n) is 7.84. The minimum atomic E-state index is -1.12. The van der Waals surface area contributed by atoms with Crippen molar-refractivity contribution in [2.45, 2.75) is 13.8 Å². The van der Waals surface area contributed by atoms with Crippen LogP contribution in [0.15, 0.2) is 12.1 Å². The third-order valence-corrected chi connectivity index (χ3v) is 1.82. The molecular formula is C10H10F2O2. The summed E-state index contributed by atoms with van der Waals surface area (Å²) >= 11 is 0. The van der Waals surface area contributed by atoms with E-state index in [1.165, 1.54) is 0 Å². The average Bonchev–Trinajstić information content (AvgIpc) is 2.09. The predicted octanol–water partition coefficient (Wildman–Crippen LogP) is 2.51. The molecule has 0 aliphatic carbocycles. The molecule has 1 N–H and O–H groups in total. The quantitative estimate of drug-likeness (QED) is 0.745. The van der Waals surface area contributed by atoms with E-state index in [9.17, 15) is 18.7 Å².